The molecule has 0 aliphatic heterocycles. The smallest absolute Gasteiger partial charge is 0.164 e. The van der Waals surface area contributed by atoms with Crippen LogP contribution in [-0.2, 0) is 0 Å². The van der Waals surface area contributed by atoms with Gasteiger partial charge in [-0.1, -0.05) is 152 Å². The summed E-state index contributed by atoms with van der Waals surface area (Å²) < 4.78 is 2.39. The average Bonchev–Trinajstić information content (AvgIpc) is 3.62. The summed E-state index contributed by atoms with van der Waals surface area (Å²) in [4.78, 5) is 15.3. The Morgan fingerprint density at radius 3 is 1.31 bits per heavy atom. The van der Waals surface area contributed by atoms with Crippen molar-refractivity contribution < 1.29 is 0 Å². The zero-order chi connectivity index (χ0) is 36.3. The first-order valence-corrected chi connectivity index (χ1v) is 18.6. The van der Waals surface area contributed by atoms with E-state index >= 15 is 0 Å². The Kier molecular flexibility index (Phi) is 7.14. The molecule has 0 radical (unpaired) electrons. The topological polar surface area (TPSA) is 43.6 Å². The first kappa shape index (κ1) is 31.1. The van der Waals surface area contributed by atoms with Crippen LogP contribution < -0.4 is 0 Å². The van der Waals surface area contributed by atoms with Gasteiger partial charge in [0.2, 0.25) is 0 Å². The number of fused-ring (bicyclic) bond motifs is 8. The second kappa shape index (κ2) is 12.6. The van der Waals surface area contributed by atoms with Crippen molar-refractivity contribution in [2.45, 2.75) is 0 Å². The predicted molar refractivity (Wildman–Crippen MR) is 228 cm³/mol. The quantitative estimate of drug-likeness (QED) is 0.179. The van der Waals surface area contributed by atoms with Crippen molar-refractivity contribution in [3.05, 3.63) is 194 Å². The first-order chi connectivity index (χ1) is 27.2. The number of rotatable bonds is 5. The molecule has 0 bridgehead atoms. The Morgan fingerprint density at radius 1 is 0.291 bits per heavy atom. The fourth-order valence-corrected chi connectivity index (χ4v) is 8.12. The lowest BCUT2D eigenvalue weighted by atomic mass is 10.00. The Bertz CT molecular complexity index is 3140. The van der Waals surface area contributed by atoms with Crippen LogP contribution in [-0.4, -0.2) is 19.5 Å². The minimum atomic E-state index is 0.631. The Hall–Kier alpha value is -7.43. The van der Waals surface area contributed by atoms with Crippen molar-refractivity contribution >= 4 is 54.1 Å². The molecule has 0 N–H and O–H groups in total. The Balaban J connectivity index is 1.06. The molecule has 0 unspecified atom stereocenters. The largest absolute Gasteiger partial charge is 0.309 e. The Labute approximate surface area is 317 Å². The maximum atomic E-state index is 5.10. The van der Waals surface area contributed by atoms with E-state index in [2.05, 4.69) is 193 Å². The van der Waals surface area contributed by atoms with Crippen LogP contribution in [0.25, 0.3) is 105 Å². The van der Waals surface area contributed by atoms with Gasteiger partial charge >= 0.3 is 0 Å². The second-order valence-corrected chi connectivity index (χ2v) is 14.1. The number of benzene rings is 9. The van der Waals surface area contributed by atoms with Gasteiger partial charge in [-0.25, -0.2) is 15.0 Å². The predicted octanol–water partition coefficient (Wildman–Crippen LogP) is 13.1. The number of hydrogen-bond donors (Lipinski definition) is 0. The van der Waals surface area contributed by atoms with E-state index in [1.165, 1.54) is 54.3 Å². The average molecular weight is 701 g/mol. The molecule has 9 aromatic carbocycles. The minimum Gasteiger partial charge on any atom is -0.309 e. The molecule has 55 heavy (non-hydrogen) atoms. The summed E-state index contributed by atoms with van der Waals surface area (Å²) in [6, 6.07) is 68.7. The third-order valence-electron chi connectivity index (χ3n) is 10.8. The van der Waals surface area contributed by atoms with E-state index in [4.69, 9.17) is 15.0 Å². The first-order valence-electron chi connectivity index (χ1n) is 18.6. The van der Waals surface area contributed by atoms with E-state index in [1.807, 2.05) is 6.07 Å². The van der Waals surface area contributed by atoms with Crippen molar-refractivity contribution in [3.63, 3.8) is 0 Å². The minimum absolute atomic E-state index is 0.631. The summed E-state index contributed by atoms with van der Waals surface area (Å²) in [5.74, 6) is 1.91. The molecular formula is C51H32N4. The third-order valence-corrected chi connectivity index (χ3v) is 10.8. The molecule has 0 atom stereocenters. The SMILES string of the molecule is c1ccc(-c2ccc(-c3nc(-c4ccc(-n5c6ccc7ccccc7c6c6c7ccccc7ccc65)cc4)nc(-c4ccc5ccccc5c4)n3)cc2)cc1. The molecule has 256 valence electrons. The summed E-state index contributed by atoms with van der Waals surface area (Å²) in [7, 11) is 0. The molecule has 4 nitrogen and oxygen atoms in total. The van der Waals surface area contributed by atoms with E-state index in [0.717, 1.165) is 33.3 Å². The molecule has 0 spiro atoms. The molecule has 11 rings (SSSR count). The highest BCUT2D eigenvalue weighted by Crippen LogP contribution is 2.40. The van der Waals surface area contributed by atoms with Gasteiger partial charge in [0.15, 0.2) is 17.5 Å². The zero-order valence-corrected chi connectivity index (χ0v) is 29.8. The van der Waals surface area contributed by atoms with Crippen molar-refractivity contribution in [1.29, 1.82) is 0 Å². The Morgan fingerprint density at radius 2 is 0.709 bits per heavy atom. The van der Waals surface area contributed by atoms with Gasteiger partial charge in [-0.3, -0.25) is 0 Å². The van der Waals surface area contributed by atoms with Crippen LogP contribution in [0.1, 0.15) is 0 Å². The third kappa shape index (κ3) is 5.26. The number of aromatic nitrogens is 4. The molecule has 4 heteroatoms. The zero-order valence-electron chi connectivity index (χ0n) is 29.8. The second-order valence-electron chi connectivity index (χ2n) is 14.1. The molecular weight excluding hydrogens is 669 g/mol. The van der Waals surface area contributed by atoms with Crippen molar-refractivity contribution in [2.75, 3.05) is 0 Å². The maximum Gasteiger partial charge on any atom is 0.164 e. The molecule has 0 amide bonds. The molecule has 0 aliphatic rings. The molecule has 0 aliphatic carbocycles. The lowest BCUT2D eigenvalue weighted by Crippen LogP contribution is -2.00. The van der Waals surface area contributed by atoms with Gasteiger partial charge in [0.05, 0.1) is 11.0 Å². The van der Waals surface area contributed by atoms with Gasteiger partial charge in [0, 0.05) is 33.2 Å². The van der Waals surface area contributed by atoms with Crippen LogP contribution in [0.2, 0.25) is 0 Å². The van der Waals surface area contributed by atoms with Gasteiger partial charge in [0.1, 0.15) is 0 Å². The maximum absolute atomic E-state index is 5.10. The highest BCUT2D eigenvalue weighted by atomic mass is 15.0. The number of nitrogens with zero attached hydrogens (tertiary/aromatic N) is 4. The van der Waals surface area contributed by atoms with E-state index in [0.29, 0.717) is 17.5 Å². The van der Waals surface area contributed by atoms with Crippen LogP contribution in [0.15, 0.2) is 194 Å². The monoisotopic (exact) mass is 700 g/mol. The lowest BCUT2D eigenvalue weighted by Gasteiger charge is -2.11. The summed E-state index contributed by atoms with van der Waals surface area (Å²) in [6.07, 6.45) is 0. The van der Waals surface area contributed by atoms with Crippen LogP contribution in [0.3, 0.4) is 0 Å². The molecule has 0 saturated heterocycles. The summed E-state index contributed by atoms with van der Waals surface area (Å²) in [5.41, 5.74) is 8.57. The van der Waals surface area contributed by atoms with Crippen LogP contribution in [0.4, 0.5) is 0 Å². The van der Waals surface area contributed by atoms with Gasteiger partial charge in [-0.05, 0) is 85.9 Å². The van der Waals surface area contributed by atoms with E-state index < -0.39 is 0 Å². The van der Waals surface area contributed by atoms with Gasteiger partial charge in [-0.15, -0.1) is 0 Å². The van der Waals surface area contributed by atoms with Gasteiger partial charge < -0.3 is 4.57 Å². The molecule has 0 fully saturated rings. The normalized spacial score (nSPS) is 11.6. The fourth-order valence-electron chi connectivity index (χ4n) is 8.12. The van der Waals surface area contributed by atoms with Crippen molar-refractivity contribution in [1.82, 2.24) is 19.5 Å². The van der Waals surface area contributed by atoms with Crippen LogP contribution in [0, 0.1) is 0 Å². The van der Waals surface area contributed by atoms with Crippen molar-refractivity contribution in [3.8, 4) is 51.0 Å². The number of hydrogen-bond acceptors (Lipinski definition) is 3. The van der Waals surface area contributed by atoms with Gasteiger partial charge in [-0.2, -0.15) is 0 Å². The van der Waals surface area contributed by atoms with Gasteiger partial charge in [0.25, 0.3) is 0 Å². The van der Waals surface area contributed by atoms with Crippen LogP contribution in [0.5, 0.6) is 0 Å². The molecule has 2 heterocycles. The summed E-state index contributed by atoms with van der Waals surface area (Å²) in [5, 5.41) is 9.86. The molecule has 0 saturated carbocycles. The molecule has 2 aromatic heterocycles. The van der Waals surface area contributed by atoms with Crippen LogP contribution >= 0.6 is 0 Å². The summed E-state index contributed by atoms with van der Waals surface area (Å²) >= 11 is 0. The van der Waals surface area contributed by atoms with E-state index in [-0.39, 0.29) is 0 Å². The highest BCUT2D eigenvalue weighted by molar-refractivity contribution is 6.28. The molecule has 11 aromatic rings. The van der Waals surface area contributed by atoms with Crippen molar-refractivity contribution in [2.24, 2.45) is 0 Å². The van der Waals surface area contributed by atoms with E-state index in [1.54, 1.807) is 0 Å². The summed E-state index contributed by atoms with van der Waals surface area (Å²) in [6.45, 7) is 0. The lowest BCUT2D eigenvalue weighted by molar-refractivity contribution is 1.07. The highest BCUT2D eigenvalue weighted by Gasteiger charge is 2.18. The fraction of sp³-hybridized carbons (Fsp3) is 0. The standard InChI is InChI=1S/C51H32N4/c1-2-10-33(11-3-1)35-18-21-38(22-19-35)49-52-50(54-51(53-49)41-23-20-34-12-4-5-15-40(34)32-41)39-24-28-42(29-25-39)55-45-30-26-36-13-6-8-16-43(36)47(45)48-44-17-9-7-14-37(44)27-31-46(48)55/h1-32H. The van der Waals surface area contributed by atoms with E-state index in [9.17, 15) is 0 Å².